The zero-order valence-corrected chi connectivity index (χ0v) is 18.6. The van der Waals surface area contributed by atoms with Crippen LogP contribution in [-0.2, 0) is 22.6 Å². The molecule has 1 N–H and O–H groups in total. The van der Waals surface area contributed by atoms with Crippen LogP contribution < -0.4 is 4.74 Å². The molecule has 2 aromatic carbocycles. The fourth-order valence-electron chi connectivity index (χ4n) is 4.01. The van der Waals surface area contributed by atoms with E-state index in [0.717, 1.165) is 44.8 Å². The first-order chi connectivity index (χ1) is 15.0. The van der Waals surface area contributed by atoms with Gasteiger partial charge in [0.15, 0.2) is 0 Å². The van der Waals surface area contributed by atoms with Gasteiger partial charge in [-0.05, 0) is 56.2 Å². The van der Waals surface area contributed by atoms with E-state index in [1.807, 2.05) is 37.4 Å². The molecule has 0 amide bonds. The molecule has 2 aromatic rings. The Bertz CT molecular complexity index is 789. The first-order valence-corrected chi connectivity index (χ1v) is 11.0. The van der Waals surface area contributed by atoms with Crippen LogP contribution in [0.4, 0.5) is 0 Å². The van der Waals surface area contributed by atoms with Crippen LogP contribution in [0.3, 0.4) is 0 Å². The Kier molecular flexibility index (Phi) is 8.88. The van der Waals surface area contributed by atoms with Gasteiger partial charge in [0.05, 0.1) is 13.0 Å². The topological polar surface area (TPSA) is 62.2 Å². The maximum atomic E-state index is 11.6. The molecule has 6 nitrogen and oxygen atoms in total. The molecule has 1 aliphatic rings. The Hall–Kier alpha value is -2.41. The fraction of sp³-hybridized carbons (Fsp3) is 0.480. The zero-order valence-electron chi connectivity index (χ0n) is 18.6. The van der Waals surface area contributed by atoms with Crippen LogP contribution >= 0.6 is 0 Å². The highest BCUT2D eigenvalue weighted by molar-refractivity contribution is 5.72. The van der Waals surface area contributed by atoms with Crippen molar-refractivity contribution >= 4 is 5.97 Å². The van der Waals surface area contributed by atoms with Crippen LogP contribution in [0.2, 0.25) is 0 Å². The molecule has 3 rings (SSSR count). The van der Waals surface area contributed by atoms with Crippen molar-refractivity contribution in [2.45, 2.75) is 32.0 Å². The largest absolute Gasteiger partial charge is 0.491 e. The number of nitrogens with zero attached hydrogens (tertiary/aromatic N) is 2. The SMILES string of the molecule is COC(=O)C1CCN(Cc2ccc(OC[C@H](O)CN(C)Cc3ccccc3)cc2)CC1. The lowest BCUT2D eigenvalue weighted by molar-refractivity contribution is -0.147. The Morgan fingerprint density at radius 3 is 2.42 bits per heavy atom. The third-order valence-corrected chi connectivity index (χ3v) is 5.71. The summed E-state index contributed by atoms with van der Waals surface area (Å²) in [5.41, 5.74) is 2.44. The van der Waals surface area contributed by atoms with Gasteiger partial charge in [-0.25, -0.2) is 0 Å². The third kappa shape index (κ3) is 7.65. The van der Waals surface area contributed by atoms with E-state index in [2.05, 4.69) is 34.1 Å². The fourth-order valence-corrected chi connectivity index (χ4v) is 4.01. The molecule has 1 saturated heterocycles. The van der Waals surface area contributed by atoms with E-state index in [-0.39, 0.29) is 18.5 Å². The van der Waals surface area contributed by atoms with E-state index >= 15 is 0 Å². The Morgan fingerprint density at radius 1 is 1.10 bits per heavy atom. The normalized spacial score (nSPS) is 16.3. The lowest BCUT2D eigenvalue weighted by Gasteiger charge is -2.30. The molecule has 0 spiro atoms. The molecule has 1 heterocycles. The highest BCUT2D eigenvalue weighted by atomic mass is 16.5. The standard InChI is InChI=1S/C25H34N2O4/c1-26(16-20-6-4-3-5-7-20)18-23(28)19-31-24-10-8-21(9-11-24)17-27-14-12-22(13-15-27)25(29)30-2/h3-11,22-23,28H,12-19H2,1-2H3/t23-/m1/s1. The summed E-state index contributed by atoms with van der Waals surface area (Å²) in [6.45, 7) is 4.28. The number of hydrogen-bond acceptors (Lipinski definition) is 6. The summed E-state index contributed by atoms with van der Waals surface area (Å²) in [5, 5.41) is 10.3. The summed E-state index contributed by atoms with van der Waals surface area (Å²) >= 11 is 0. The predicted molar refractivity (Wildman–Crippen MR) is 121 cm³/mol. The Balaban J connectivity index is 1.37. The van der Waals surface area contributed by atoms with Crippen molar-refractivity contribution in [2.24, 2.45) is 5.92 Å². The zero-order chi connectivity index (χ0) is 22.1. The van der Waals surface area contributed by atoms with Gasteiger partial charge in [-0.15, -0.1) is 0 Å². The molecule has 0 aromatic heterocycles. The summed E-state index contributed by atoms with van der Waals surface area (Å²) < 4.78 is 10.6. The van der Waals surface area contributed by atoms with Crippen molar-refractivity contribution in [1.82, 2.24) is 9.80 Å². The summed E-state index contributed by atoms with van der Waals surface area (Å²) in [7, 11) is 3.46. The van der Waals surface area contributed by atoms with E-state index in [1.165, 1.54) is 18.2 Å². The van der Waals surface area contributed by atoms with Crippen LogP contribution in [0.15, 0.2) is 54.6 Å². The van der Waals surface area contributed by atoms with E-state index in [0.29, 0.717) is 6.54 Å². The molecule has 168 valence electrons. The van der Waals surface area contributed by atoms with Gasteiger partial charge in [0, 0.05) is 19.6 Å². The molecule has 1 atom stereocenters. The van der Waals surface area contributed by atoms with Gasteiger partial charge in [-0.2, -0.15) is 0 Å². The number of likely N-dealkylation sites (tertiary alicyclic amines) is 1. The molecule has 0 saturated carbocycles. The number of aliphatic hydroxyl groups is 1. The molecular formula is C25H34N2O4. The highest BCUT2D eigenvalue weighted by Gasteiger charge is 2.25. The Labute approximate surface area is 185 Å². The van der Waals surface area contributed by atoms with Gasteiger partial charge in [0.1, 0.15) is 18.5 Å². The molecule has 1 fully saturated rings. The first-order valence-electron chi connectivity index (χ1n) is 11.0. The average molecular weight is 427 g/mol. The maximum absolute atomic E-state index is 11.6. The molecule has 31 heavy (non-hydrogen) atoms. The number of esters is 1. The summed E-state index contributed by atoms with van der Waals surface area (Å²) in [6, 6.07) is 18.3. The van der Waals surface area contributed by atoms with E-state index < -0.39 is 6.10 Å². The number of piperidine rings is 1. The lowest BCUT2D eigenvalue weighted by Crippen LogP contribution is -2.36. The van der Waals surface area contributed by atoms with Crippen molar-refractivity contribution < 1.29 is 19.4 Å². The molecule has 0 unspecified atom stereocenters. The number of ether oxygens (including phenoxy) is 2. The van der Waals surface area contributed by atoms with Gasteiger partial charge in [-0.3, -0.25) is 14.6 Å². The molecule has 1 aliphatic heterocycles. The van der Waals surface area contributed by atoms with Crippen molar-refractivity contribution in [1.29, 1.82) is 0 Å². The average Bonchev–Trinajstić information content (AvgIpc) is 2.79. The van der Waals surface area contributed by atoms with Gasteiger partial charge >= 0.3 is 5.97 Å². The number of benzene rings is 2. The van der Waals surface area contributed by atoms with E-state index in [4.69, 9.17) is 9.47 Å². The van der Waals surface area contributed by atoms with Crippen LogP contribution in [0, 0.1) is 5.92 Å². The second-order valence-electron chi connectivity index (χ2n) is 8.36. The molecule has 0 aliphatic carbocycles. The van der Waals surface area contributed by atoms with Crippen molar-refractivity contribution in [3.63, 3.8) is 0 Å². The number of hydrogen-bond donors (Lipinski definition) is 1. The number of methoxy groups -OCH3 is 1. The minimum Gasteiger partial charge on any atom is -0.491 e. The molecule has 0 radical (unpaired) electrons. The second-order valence-corrected chi connectivity index (χ2v) is 8.36. The highest BCUT2D eigenvalue weighted by Crippen LogP contribution is 2.21. The minimum absolute atomic E-state index is 0.0372. The predicted octanol–water partition coefficient (Wildman–Crippen LogP) is 2.94. The molecular weight excluding hydrogens is 392 g/mol. The van der Waals surface area contributed by atoms with Crippen LogP contribution in [0.5, 0.6) is 5.75 Å². The molecule has 6 heteroatoms. The number of carbonyl (C=O) groups is 1. The second kappa shape index (κ2) is 11.8. The summed E-state index contributed by atoms with van der Waals surface area (Å²) in [4.78, 5) is 16.1. The summed E-state index contributed by atoms with van der Waals surface area (Å²) in [6.07, 6.45) is 1.15. The molecule has 0 bridgehead atoms. The number of likely N-dealkylation sites (N-methyl/N-ethyl adjacent to an activating group) is 1. The minimum atomic E-state index is -0.551. The monoisotopic (exact) mass is 426 g/mol. The summed E-state index contributed by atoms with van der Waals surface area (Å²) in [5.74, 6) is 0.711. The Morgan fingerprint density at radius 2 is 1.77 bits per heavy atom. The smallest absolute Gasteiger partial charge is 0.308 e. The van der Waals surface area contributed by atoms with Gasteiger partial charge in [0.2, 0.25) is 0 Å². The van der Waals surface area contributed by atoms with Gasteiger partial charge < -0.3 is 14.6 Å². The lowest BCUT2D eigenvalue weighted by atomic mass is 9.96. The van der Waals surface area contributed by atoms with Crippen molar-refractivity contribution in [2.75, 3.05) is 40.4 Å². The van der Waals surface area contributed by atoms with Crippen molar-refractivity contribution in [3.8, 4) is 5.75 Å². The number of carbonyl (C=O) groups excluding carboxylic acids is 1. The van der Waals surface area contributed by atoms with Crippen LogP contribution in [-0.4, -0.2) is 67.4 Å². The van der Waals surface area contributed by atoms with E-state index in [9.17, 15) is 9.90 Å². The first kappa shape index (κ1) is 23.3. The number of rotatable bonds is 10. The van der Waals surface area contributed by atoms with Gasteiger partial charge in [0.25, 0.3) is 0 Å². The van der Waals surface area contributed by atoms with E-state index in [1.54, 1.807) is 0 Å². The quantitative estimate of drug-likeness (QED) is 0.590. The van der Waals surface area contributed by atoms with Crippen LogP contribution in [0.1, 0.15) is 24.0 Å². The van der Waals surface area contributed by atoms with Crippen LogP contribution in [0.25, 0.3) is 0 Å². The third-order valence-electron chi connectivity index (χ3n) is 5.71. The maximum Gasteiger partial charge on any atom is 0.308 e. The number of aliphatic hydroxyl groups excluding tert-OH is 1. The van der Waals surface area contributed by atoms with Gasteiger partial charge in [-0.1, -0.05) is 42.5 Å². The van der Waals surface area contributed by atoms with Crippen molar-refractivity contribution in [3.05, 3.63) is 65.7 Å².